The first-order chi connectivity index (χ1) is 10.2. The smallest absolute Gasteiger partial charge is 0.380 e. The summed E-state index contributed by atoms with van der Waals surface area (Å²) >= 11 is 0. The van der Waals surface area contributed by atoms with Gasteiger partial charge in [0.05, 0.1) is 6.61 Å². The maximum atomic E-state index is 12.8. The van der Waals surface area contributed by atoms with Gasteiger partial charge in [0.1, 0.15) is 6.54 Å². The van der Waals surface area contributed by atoms with Gasteiger partial charge in [-0.1, -0.05) is 26.0 Å². The number of amides is 1. The number of alkyl halides is 3. The molecule has 3 nitrogen and oxygen atoms in total. The van der Waals surface area contributed by atoms with E-state index in [9.17, 15) is 18.0 Å². The van der Waals surface area contributed by atoms with Gasteiger partial charge in [-0.15, -0.1) is 0 Å². The topological polar surface area (TPSA) is 29.5 Å². The number of ether oxygens (including phenoxy) is 1. The molecule has 0 aromatic heterocycles. The quantitative estimate of drug-likeness (QED) is 0.797. The molecular formula is C16H22F3NO2. The van der Waals surface area contributed by atoms with E-state index in [0.29, 0.717) is 6.61 Å². The Bertz CT molecular complexity index is 483. The summed E-state index contributed by atoms with van der Waals surface area (Å²) in [5.41, 5.74) is 1.11. The van der Waals surface area contributed by atoms with Crippen molar-refractivity contribution in [2.24, 2.45) is 5.92 Å². The third-order valence-electron chi connectivity index (χ3n) is 3.58. The number of carbonyl (C=O) groups excluding carboxylic acids is 1. The Hall–Kier alpha value is -1.56. The second-order valence-corrected chi connectivity index (χ2v) is 5.66. The van der Waals surface area contributed by atoms with Gasteiger partial charge < -0.3 is 9.64 Å². The first-order valence-corrected chi connectivity index (χ1v) is 7.11. The van der Waals surface area contributed by atoms with Crippen molar-refractivity contribution in [3.8, 4) is 0 Å². The Kier molecular flexibility index (Phi) is 6.41. The third-order valence-corrected chi connectivity index (χ3v) is 3.58. The zero-order chi connectivity index (χ0) is 16.9. The van der Waals surface area contributed by atoms with E-state index in [1.807, 2.05) is 0 Å². The van der Waals surface area contributed by atoms with Crippen LogP contribution in [0.5, 0.6) is 0 Å². The summed E-state index contributed by atoms with van der Waals surface area (Å²) in [4.78, 5) is 13.3. The fourth-order valence-electron chi connectivity index (χ4n) is 2.03. The van der Waals surface area contributed by atoms with Gasteiger partial charge in [0.15, 0.2) is 0 Å². The predicted molar refractivity (Wildman–Crippen MR) is 78.5 cm³/mol. The van der Waals surface area contributed by atoms with Crippen LogP contribution in [0, 0.1) is 5.92 Å². The zero-order valence-electron chi connectivity index (χ0n) is 13.3. The number of rotatable bonds is 6. The molecule has 6 heteroatoms. The number of halogens is 3. The summed E-state index contributed by atoms with van der Waals surface area (Å²) in [6.45, 7) is 4.37. The predicted octanol–water partition coefficient (Wildman–Crippen LogP) is 3.88. The van der Waals surface area contributed by atoms with Crippen molar-refractivity contribution in [1.29, 1.82) is 0 Å². The summed E-state index contributed by atoms with van der Waals surface area (Å²) < 4.78 is 43.2. The van der Waals surface area contributed by atoms with Crippen molar-refractivity contribution >= 4 is 5.91 Å². The maximum absolute atomic E-state index is 12.8. The summed E-state index contributed by atoms with van der Waals surface area (Å²) in [6, 6.07) is 5.93. The molecule has 1 amide bonds. The van der Waals surface area contributed by atoms with Crippen LogP contribution in [-0.2, 0) is 11.3 Å². The molecule has 0 radical (unpaired) electrons. The van der Waals surface area contributed by atoms with Crippen LogP contribution in [0.25, 0.3) is 0 Å². The van der Waals surface area contributed by atoms with Crippen LogP contribution < -0.4 is 0 Å². The number of hydrogen-bond acceptors (Lipinski definition) is 2. The number of nitrogens with zero attached hydrogens (tertiary/aromatic N) is 1. The van der Waals surface area contributed by atoms with Gasteiger partial charge in [0.2, 0.25) is 0 Å². The van der Waals surface area contributed by atoms with Crippen molar-refractivity contribution in [3.63, 3.8) is 0 Å². The van der Waals surface area contributed by atoms with E-state index in [1.54, 1.807) is 40.0 Å². The molecule has 1 atom stereocenters. The van der Waals surface area contributed by atoms with E-state index >= 15 is 0 Å². The van der Waals surface area contributed by atoms with E-state index in [0.717, 1.165) is 10.5 Å². The van der Waals surface area contributed by atoms with Gasteiger partial charge >= 0.3 is 6.18 Å². The van der Waals surface area contributed by atoms with Crippen LogP contribution in [0.15, 0.2) is 24.3 Å². The monoisotopic (exact) mass is 317 g/mol. The van der Waals surface area contributed by atoms with Gasteiger partial charge in [0, 0.05) is 18.7 Å². The largest absolute Gasteiger partial charge is 0.406 e. The highest BCUT2D eigenvalue weighted by molar-refractivity contribution is 5.94. The van der Waals surface area contributed by atoms with Crippen LogP contribution in [0.1, 0.15) is 36.7 Å². The Morgan fingerprint density at radius 2 is 1.73 bits per heavy atom. The minimum Gasteiger partial charge on any atom is -0.380 e. The first-order valence-electron chi connectivity index (χ1n) is 7.11. The van der Waals surface area contributed by atoms with Crippen molar-refractivity contribution in [1.82, 2.24) is 4.90 Å². The molecular weight excluding hydrogens is 295 g/mol. The lowest BCUT2D eigenvalue weighted by molar-refractivity contribution is -0.145. The minimum atomic E-state index is -4.42. The Morgan fingerprint density at radius 3 is 2.14 bits per heavy atom. The van der Waals surface area contributed by atoms with Crippen LogP contribution >= 0.6 is 0 Å². The molecule has 0 aliphatic rings. The van der Waals surface area contributed by atoms with E-state index in [4.69, 9.17) is 4.74 Å². The van der Waals surface area contributed by atoms with Crippen molar-refractivity contribution in [3.05, 3.63) is 35.4 Å². The molecule has 0 fully saturated rings. The molecule has 0 N–H and O–H groups in total. The molecule has 22 heavy (non-hydrogen) atoms. The summed E-state index contributed by atoms with van der Waals surface area (Å²) in [5.74, 6) is -0.679. The van der Waals surface area contributed by atoms with Gasteiger partial charge in [-0.3, -0.25) is 4.79 Å². The molecule has 1 aromatic rings. The normalized spacial score (nSPS) is 13.3. The molecule has 124 valence electrons. The summed E-state index contributed by atoms with van der Waals surface area (Å²) in [7, 11) is 1.55. The van der Waals surface area contributed by atoms with E-state index < -0.39 is 24.7 Å². The third kappa shape index (κ3) is 5.33. The highest BCUT2D eigenvalue weighted by Gasteiger charge is 2.36. The molecule has 0 saturated carbocycles. The number of hydrogen-bond donors (Lipinski definition) is 0. The fraction of sp³-hybridized carbons (Fsp3) is 0.562. The van der Waals surface area contributed by atoms with Gasteiger partial charge in [0.25, 0.3) is 5.91 Å². The van der Waals surface area contributed by atoms with Gasteiger partial charge in [-0.25, -0.2) is 0 Å². The Labute approximate surface area is 129 Å². The molecule has 0 heterocycles. The number of methoxy groups -OCH3 is 1. The van der Waals surface area contributed by atoms with Crippen LogP contribution in [0.3, 0.4) is 0 Å². The molecule has 0 aliphatic heterocycles. The maximum Gasteiger partial charge on any atom is 0.406 e. The van der Waals surface area contributed by atoms with Crippen molar-refractivity contribution in [2.75, 3.05) is 13.7 Å². The highest BCUT2D eigenvalue weighted by atomic mass is 19.4. The van der Waals surface area contributed by atoms with Crippen molar-refractivity contribution in [2.45, 2.75) is 39.6 Å². The lowest BCUT2D eigenvalue weighted by atomic mass is 10.0. The molecule has 0 aliphatic carbocycles. The molecule has 1 unspecified atom stereocenters. The molecule has 1 rings (SSSR count). The lowest BCUT2D eigenvalue weighted by Crippen LogP contribution is -2.46. The van der Waals surface area contributed by atoms with E-state index in [1.165, 1.54) is 12.1 Å². The number of carbonyl (C=O) groups is 1. The van der Waals surface area contributed by atoms with Crippen molar-refractivity contribution < 1.29 is 22.7 Å². The van der Waals surface area contributed by atoms with Crippen LogP contribution in [0.2, 0.25) is 0 Å². The first kappa shape index (κ1) is 18.5. The van der Waals surface area contributed by atoms with Crippen LogP contribution in [-0.4, -0.2) is 36.7 Å². The van der Waals surface area contributed by atoms with E-state index in [2.05, 4.69) is 0 Å². The standard InChI is InChI=1S/C16H22F3NO2/c1-11(2)12(3)20(10-16(17,18)19)15(21)14-7-5-13(6-8-14)9-22-4/h5-8,11-12H,9-10H2,1-4H3. The number of benzene rings is 1. The van der Waals surface area contributed by atoms with E-state index in [-0.39, 0.29) is 11.5 Å². The average molecular weight is 317 g/mol. The lowest BCUT2D eigenvalue weighted by Gasteiger charge is -2.32. The Balaban J connectivity index is 3.00. The second-order valence-electron chi connectivity index (χ2n) is 5.66. The van der Waals surface area contributed by atoms with Gasteiger partial charge in [-0.2, -0.15) is 13.2 Å². The summed E-state index contributed by atoms with van der Waals surface area (Å²) in [5, 5.41) is 0. The SMILES string of the molecule is COCc1ccc(C(=O)N(CC(F)(F)F)C(C)C(C)C)cc1. The fourth-order valence-corrected chi connectivity index (χ4v) is 2.03. The van der Waals surface area contributed by atoms with Crippen LogP contribution in [0.4, 0.5) is 13.2 Å². The second kappa shape index (κ2) is 7.63. The minimum absolute atomic E-state index is 0.0703. The molecule has 0 spiro atoms. The Morgan fingerprint density at radius 1 is 1.18 bits per heavy atom. The molecule has 0 saturated heterocycles. The zero-order valence-corrected chi connectivity index (χ0v) is 13.3. The molecule has 0 bridgehead atoms. The highest BCUT2D eigenvalue weighted by Crippen LogP contribution is 2.23. The summed E-state index contributed by atoms with van der Waals surface area (Å²) in [6.07, 6.45) is -4.42. The average Bonchev–Trinajstić information content (AvgIpc) is 2.43. The molecule has 1 aromatic carbocycles. The van der Waals surface area contributed by atoms with Gasteiger partial charge in [-0.05, 0) is 30.5 Å².